The summed E-state index contributed by atoms with van der Waals surface area (Å²) in [5, 5.41) is 4.60. The average Bonchev–Trinajstić information content (AvgIpc) is 2.49. The van der Waals surface area contributed by atoms with Crippen LogP contribution in [0.2, 0.25) is 0 Å². The predicted molar refractivity (Wildman–Crippen MR) is 80.7 cm³/mol. The van der Waals surface area contributed by atoms with Crippen molar-refractivity contribution >= 4 is 10.9 Å². The van der Waals surface area contributed by atoms with Gasteiger partial charge in [0.2, 0.25) is 0 Å². The summed E-state index contributed by atoms with van der Waals surface area (Å²) < 4.78 is 10.5. The maximum Gasteiger partial charge on any atom is 0.171 e. The molecule has 1 heterocycles. The van der Waals surface area contributed by atoms with E-state index in [0.717, 1.165) is 18.5 Å². The van der Waals surface area contributed by atoms with E-state index in [2.05, 4.69) is 41.5 Å². The van der Waals surface area contributed by atoms with E-state index in [1.807, 2.05) is 12.3 Å². The van der Waals surface area contributed by atoms with Gasteiger partial charge in [0.25, 0.3) is 0 Å². The van der Waals surface area contributed by atoms with E-state index in [1.54, 1.807) is 14.2 Å². The van der Waals surface area contributed by atoms with Gasteiger partial charge in [-0.1, -0.05) is 24.3 Å². The van der Waals surface area contributed by atoms with Crippen LogP contribution in [0, 0.1) is 0 Å². The monoisotopic (exact) mass is 274 g/mol. The first kappa shape index (κ1) is 14.9. The highest BCUT2D eigenvalue weighted by Gasteiger charge is 2.14. The number of hydrogen-bond donors (Lipinski definition) is 1. The zero-order chi connectivity index (χ0) is 14.4. The van der Waals surface area contributed by atoms with E-state index in [1.165, 1.54) is 10.9 Å². The molecule has 0 saturated carbocycles. The number of fused-ring (bicyclic) bond motifs is 1. The number of benzene rings is 1. The third kappa shape index (κ3) is 3.54. The molecule has 1 unspecified atom stereocenters. The summed E-state index contributed by atoms with van der Waals surface area (Å²) in [6.45, 7) is 2.92. The molecule has 20 heavy (non-hydrogen) atoms. The lowest BCUT2D eigenvalue weighted by Crippen LogP contribution is -2.40. The van der Waals surface area contributed by atoms with Gasteiger partial charge in [-0.2, -0.15) is 0 Å². The van der Waals surface area contributed by atoms with Crippen molar-refractivity contribution in [2.24, 2.45) is 0 Å². The number of nitrogens with one attached hydrogen (secondary N) is 1. The number of aromatic nitrogens is 1. The van der Waals surface area contributed by atoms with Crippen LogP contribution in [0.25, 0.3) is 10.9 Å². The molecule has 1 aromatic heterocycles. The molecule has 108 valence electrons. The molecular weight excluding hydrogens is 252 g/mol. The summed E-state index contributed by atoms with van der Waals surface area (Å²) in [5.74, 6) is 0. The van der Waals surface area contributed by atoms with Crippen LogP contribution in [0.5, 0.6) is 0 Å². The molecule has 0 aliphatic heterocycles. The van der Waals surface area contributed by atoms with E-state index >= 15 is 0 Å². The minimum Gasteiger partial charge on any atom is -0.354 e. The molecule has 0 aliphatic carbocycles. The number of para-hydroxylation sites is 1. The van der Waals surface area contributed by atoms with Crippen LogP contribution in [0.4, 0.5) is 0 Å². The molecule has 4 nitrogen and oxygen atoms in total. The largest absolute Gasteiger partial charge is 0.354 e. The molecule has 0 aliphatic rings. The number of rotatable bonds is 7. The second kappa shape index (κ2) is 7.33. The van der Waals surface area contributed by atoms with E-state index in [-0.39, 0.29) is 12.3 Å². The molecule has 0 radical (unpaired) electrons. The lowest BCUT2D eigenvalue weighted by atomic mass is 10.1. The van der Waals surface area contributed by atoms with Crippen LogP contribution < -0.4 is 5.32 Å². The molecule has 0 bridgehead atoms. The molecule has 1 aromatic carbocycles. The zero-order valence-electron chi connectivity index (χ0n) is 12.3. The first-order valence-corrected chi connectivity index (χ1v) is 6.88. The van der Waals surface area contributed by atoms with Crippen LogP contribution in [-0.4, -0.2) is 38.1 Å². The van der Waals surface area contributed by atoms with Crippen LogP contribution in [0.3, 0.4) is 0 Å². The lowest BCUT2D eigenvalue weighted by Gasteiger charge is -2.22. The minimum absolute atomic E-state index is 0.146. The number of ether oxygens (including phenoxy) is 2. The summed E-state index contributed by atoms with van der Waals surface area (Å²) >= 11 is 0. The maximum absolute atomic E-state index is 5.24. The standard InChI is InChI=1S/C16H22N2O2/c1-12(16(19-2)20-3)17-11-9-14-7-4-6-13-8-5-10-18-15(13)14/h4-8,10,12,16-17H,9,11H2,1-3H3. The van der Waals surface area contributed by atoms with Gasteiger partial charge in [0.1, 0.15) is 0 Å². The molecule has 1 atom stereocenters. The van der Waals surface area contributed by atoms with Crippen molar-refractivity contribution in [2.45, 2.75) is 25.7 Å². The summed E-state index contributed by atoms with van der Waals surface area (Å²) in [5.41, 5.74) is 2.34. The van der Waals surface area contributed by atoms with Crippen molar-refractivity contribution in [3.05, 3.63) is 42.1 Å². The topological polar surface area (TPSA) is 43.4 Å². The van der Waals surface area contributed by atoms with Gasteiger partial charge in [-0.15, -0.1) is 0 Å². The highest BCUT2D eigenvalue weighted by atomic mass is 16.7. The Labute approximate surface area is 120 Å². The molecule has 1 N–H and O–H groups in total. The fourth-order valence-electron chi connectivity index (χ4n) is 2.40. The van der Waals surface area contributed by atoms with Gasteiger partial charge >= 0.3 is 0 Å². The molecule has 2 rings (SSSR count). The Balaban J connectivity index is 1.96. The molecular formula is C16H22N2O2. The van der Waals surface area contributed by atoms with Gasteiger partial charge in [0.05, 0.1) is 11.6 Å². The third-order valence-electron chi connectivity index (χ3n) is 3.45. The van der Waals surface area contributed by atoms with Gasteiger partial charge in [-0.3, -0.25) is 4.98 Å². The van der Waals surface area contributed by atoms with Crippen LogP contribution in [-0.2, 0) is 15.9 Å². The molecule has 0 spiro atoms. The van der Waals surface area contributed by atoms with E-state index in [9.17, 15) is 0 Å². The van der Waals surface area contributed by atoms with E-state index in [0.29, 0.717) is 0 Å². The quantitative estimate of drug-likeness (QED) is 0.787. The highest BCUT2D eigenvalue weighted by molar-refractivity contribution is 5.81. The Morgan fingerprint density at radius 2 is 1.90 bits per heavy atom. The van der Waals surface area contributed by atoms with Crippen molar-refractivity contribution in [1.29, 1.82) is 0 Å². The van der Waals surface area contributed by atoms with Crippen molar-refractivity contribution in [2.75, 3.05) is 20.8 Å². The van der Waals surface area contributed by atoms with Gasteiger partial charge < -0.3 is 14.8 Å². The average molecular weight is 274 g/mol. The van der Waals surface area contributed by atoms with Crippen LogP contribution in [0.1, 0.15) is 12.5 Å². The Kier molecular flexibility index (Phi) is 5.47. The molecule has 2 aromatic rings. The molecule has 0 fully saturated rings. The highest BCUT2D eigenvalue weighted by Crippen LogP contribution is 2.16. The molecule has 0 saturated heterocycles. The fraction of sp³-hybridized carbons (Fsp3) is 0.438. The summed E-state index contributed by atoms with van der Waals surface area (Å²) in [6.07, 6.45) is 2.55. The Hall–Kier alpha value is -1.49. The summed E-state index contributed by atoms with van der Waals surface area (Å²) in [6, 6.07) is 10.5. The van der Waals surface area contributed by atoms with Gasteiger partial charge in [0.15, 0.2) is 6.29 Å². The number of nitrogens with zero attached hydrogens (tertiary/aromatic N) is 1. The van der Waals surface area contributed by atoms with Crippen molar-refractivity contribution in [1.82, 2.24) is 10.3 Å². The van der Waals surface area contributed by atoms with Crippen LogP contribution >= 0.6 is 0 Å². The Bertz CT molecular complexity index is 535. The predicted octanol–water partition coefficient (Wildman–Crippen LogP) is 2.37. The first-order valence-electron chi connectivity index (χ1n) is 6.88. The Morgan fingerprint density at radius 1 is 1.15 bits per heavy atom. The van der Waals surface area contributed by atoms with Gasteiger partial charge in [0, 0.05) is 25.8 Å². The van der Waals surface area contributed by atoms with Crippen molar-refractivity contribution in [3.8, 4) is 0 Å². The molecule has 0 amide bonds. The minimum atomic E-state index is -0.222. The summed E-state index contributed by atoms with van der Waals surface area (Å²) in [4.78, 5) is 4.47. The Morgan fingerprint density at radius 3 is 2.65 bits per heavy atom. The smallest absolute Gasteiger partial charge is 0.171 e. The number of pyridine rings is 1. The lowest BCUT2D eigenvalue weighted by molar-refractivity contribution is -0.119. The number of methoxy groups -OCH3 is 2. The molecule has 4 heteroatoms. The van der Waals surface area contributed by atoms with Crippen molar-refractivity contribution in [3.63, 3.8) is 0 Å². The van der Waals surface area contributed by atoms with E-state index < -0.39 is 0 Å². The van der Waals surface area contributed by atoms with Crippen molar-refractivity contribution < 1.29 is 9.47 Å². The summed E-state index contributed by atoms with van der Waals surface area (Å²) in [7, 11) is 3.31. The van der Waals surface area contributed by atoms with Gasteiger partial charge in [-0.05, 0) is 31.5 Å². The SMILES string of the molecule is COC(OC)C(C)NCCc1cccc2cccnc12. The third-order valence-corrected chi connectivity index (χ3v) is 3.45. The normalized spacial score (nSPS) is 13.0. The second-order valence-corrected chi connectivity index (χ2v) is 4.82. The maximum atomic E-state index is 5.24. The second-order valence-electron chi connectivity index (χ2n) is 4.82. The first-order chi connectivity index (χ1) is 9.76. The fourth-order valence-corrected chi connectivity index (χ4v) is 2.40. The van der Waals surface area contributed by atoms with E-state index in [4.69, 9.17) is 9.47 Å². The number of hydrogen-bond acceptors (Lipinski definition) is 4. The zero-order valence-corrected chi connectivity index (χ0v) is 12.3. The van der Waals surface area contributed by atoms with Gasteiger partial charge in [-0.25, -0.2) is 0 Å². The van der Waals surface area contributed by atoms with Crippen LogP contribution in [0.15, 0.2) is 36.5 Å².